The summed E-state index contributed by atoms with van der Waals surface area (Å²) in [5.41, 5.74) is 3.11. The van der Waals surface area contributed by atoms with Gasteiger partial charge in [0.25, 0.3) is 5.91 Å². The summed E-state index contributed by atoms with van der Waals surface area (Å²) in [4.78, 5) is 17.1. The molecule has 1 aromatic carbocycles. The number of halogens is 1. The van der Waals surface area contributed by atoms with Crippen molar-refractivity contribution in [2.45, 2.75) is 57.0 Å². The molecule has 3 aliphatic rings. The van der Waals surface area contributed by atoms with Gasteiger partial charge >= 0.3 is 0 Å². The van der Waals surface area contributed by atoms with E-state index in [1.165, 1.54) is 18.7 Å². The van der Waals surface area contributed by atoms with Crippen LogP contribution >= 0.6 is 0 Å². The Balaban J connectivity index is 1.42. The highest BCUT2D eigenvalue weighted by Crippen LogP contribution is 2.39. The van der Waals surface area contributed by atoms with Gasteiger partial charge in [0.05, 0.1) is 37.1 Å². The maximum Gasteiger partial charge on any atom is 0.254 e. The number of nitrogens with one attached hydrogen (secondary N) is 1. The molecule has 0 saturated carbocycles. The van der Waals surface area contributed by atoms with Crippen LogP contribution in [0.2, 0.25) is 0 Å². The lowest BCUT2D eigenvalue weighted by atomic mass is 9.83. The summed E-state index contributed by atoms with van der Waals surface area (Å²) in [5.74, 6) is 0.183. The first kappa shape index (κ1) is 21.6. The van der Waals surface area contributed by atoms with Crippen molar-refractivity contribution in [1.29, 1.82) is 0 Å². The maximum atomic E-state index is 14.5. The standard InChI is InChI=1S/C24H31FN4O3/c1-24(2,31)22(25)12-29-11-16-9-20(21-3-6-26-27-21)18(10-19(16)23(29)30)15-4-7-28(8-5-15)17-13-32-14-17/h3,6,9-10,15,17,22,31H,4-5,7-8,11-14H2,1-2H3,(H,26,27)/t22-/m1/s1. The summed E-state index contributed by atoms with van der Waals surface area (Å²) < 4.78 is 19.8. The Kier molecular flexibility index (Phi) is 5.55. The molecular formula is C24H31FN4O3. The Bertz CT molecular complexity index is 976. The number of nitrogens with zero attached hydrogens (tertiary/aromatic N) is 3. The first-order chi connectivity index (χ1) is 15.3. The minimum atomic E-state index is -1.51. The minimum Gasteiger partial charge on any atom is -0.387 e. The molecule has 2 N–H and O–H groups in total. The van der Waals surface area contributed by atoms with Crippen molar-refractivity contribution in [2.75, 3.05) is 32.8 Å². The third-order valence-corrected chi connectivity index (χ3v) is 7.18. The number of amides is 1. The first-order valence-corrected chi connectivity index (χ1v) is 11.5. The molecule has 0 aliphatic carbocycles. The molecule has 4 heterocycles. The SMILES string of the molecule is CC(C)(O)[C@H](F)CN1Cc2cc(-c3cc[nH]n3)c(C3CCN(C4COC4)CC3)cc2C1=O. The highest BCUT2D eigenvalue weighted by Gasteiger charge is 2.36. The number of rotatable bonds is 6. The van der Waals surface area contributed by atoms with Crippen LogP contribution in [0.3, 0.4) is 0 Å². The van der Waals surface area contributed by atoms with E-state index < -0.39 is 11.8 Å². The van der Waals surface area contributed by atoms with Gasteiger partial charge in [-0.2, -0.15) is 5.10 Å². The van der Waals surface area contributed by atoms with Crippen molar-refractivity contribution >= 4 is 5.91 Å². The largest absolute Gasteiger partial charge is 0.387 e. The predicted molar refractivity (Wildman–Crippen MR) is 118 cm³/mol. The van der Waals surface area contributed by atoms with Crippen molar-refractivity contribution in [3.05, 3.63) is 41.1 Å². The van der Waals surface area contributed by atoms with Crippen LogP contribution in [-0.2, 0) is 11.3 Å². The molecule has 1 amide bonds. The Morgan fingerprint density at radius 2 is 2.03 bits per heavy atom. The molecule has 2 saturated heterocycles. The number of aromatic amines is 1. The second-order valence-electron chi connectivity index (χ2n) is 9.86. The van der Waals surface area contributed by atoms with Gasteiger partial charge in [-0.05, 0) is 75.0 Å². The van der Waals surface area contributed by atoms with Crippen LogP contribution in [0, 0.1) is 0 Å². The molecule has 0 radical (unpaired) electrons. The van der Waals surface area contributed by atoms with E-state index in [4.69, 9.17) is 4.74 Å². The molecule has 1 aromatic heterocycles. The van der Waals surface area contributed by atoms with Gasteiger partial charge < -0.3 is 14.7 Å². The molecule has 0 bridgehead atoms. The zero-order valence-electron chi connectivity index (χ0n) is 18.7. The molecule has 0 spiro atoms. The number of carbonyl (C=O) groups is 1. The van der Waals surface area contributed by atoms with Crippen LogP contribution in [-0.4, -0.2) is 81.7 Å². The van der Waals surface area contributed by atoms with E-state index in [2.05, 4.69) is 21.2 Å². The summed E-state index contributed by atoms with van der Waals surface area (Å²) in [6.45, 7) is 6.78. The smallest absolute Gasteiger partial charge is 0.254 e. The number of fused-ring (bicyclic) bond motifs is 1. The highest BCUT2D eigenvalue weighted by atomic mass is 19.1. The van der Waals surface area contributed by atoms with E-state index >= 15 is 0 Å². The number of likely N-dealkylation sites (tertiary alicyclic amines) is 1. The number of piperidine rings is 1. The molecule has 2 fully saturated rings. The number of hydrogen-bond acceptors (Lipinski definition) is 5. The van der Waals surface area contributed by atoms with E-state index in [9.17, 15) is 14.3 Å². The minimum absolute atomic E-state index is 0.119. The van der Waals surface area contributed by atoms with Gasteiger partial charge in [-0.1, -0.05) is 0 Å². The fraction of sp³-hybridized carbons (Fsp3) is 0.583. The Labute approximate surface area is 187 Å². The monoisotopic (exact) mass is 442 g/mol. The molecule has 2 aromatic rings. The second-order valence-corrected chi connectivity index (χ2v) is 9.86. The maximum absolute atomic E-state index is 14.5. The summed E-state index contributed by atoms with van der Waals surface area (Å²) in [6.07, 6.45) is 2.34. The van der Waals surface area contributed by atoms with Crippen molar-refractivity contribution in [3.63, 3.8) is 0 Å². The lowest BCUT2D eigenvalue weighted by molar-refractivity contribution is -0.0712. The summed E-state index contributed by atoms with van der Waals surface area (Å²) >= 11 is 0. The number of hydrogen-bond donors (Lipinski definition) is 2. The Morgan fingerprint density at radius 3 is 2.62 bits per heavy atom. The zero-order chi connectivity index (χ0) is 22.5. The number of aromatic nitrogens is 2. The van der Waals surface area contributed by atoms with Gasteiger partial charge in [0.2, 0.25) is 0 Å². The summed E-state index contributed by atoms with van der Waals surface area (Å²) in [7, 11) is 0. The van der Waals surface area contributed by atoms with Crippen LogP contribution < -0.4 is 0 Å². The Hall–Kier alpha value is -2.29. The van der Waals surface area contributed by atoms with Crippen LogP contribution in [0.5, 0.6) is 0 Å². The summed E-state index contributed by atoms with van der Waals surface area (Å²) in [5, 5.41) is 17.3. The lowest BCUT2D eigenvalue weighted by Gasteiger charge is -2.41. The molecule has 1 atom stereocenters. The number of ether oxygens (including phenoxy) is 1. The molecular weight excluding hydrogens is 411 g/mol. The molecule has 0 unspecified atom stereocenters. The van der Waals surface area contributed by atoms with E-state index in [1.807, 2.05) is 12.1 Å². The number of H-pyrrole nitrogens is 1. The lowest BCUT2D eigenvalue weighted by Crippen LogP contribution is -2.51. The van der Waals surface area contributed by atoms with Gasteiger partial charge in [0.15, 0.2) is 0 Å². The van der Waals surface area contributed by atoms with Gasteiger partial charge in [-0.15, -0.1) is 0 Å². The van der Waals surface area contributed by atoms with Crippen LogP contribution in [0.4, 0.5) is 4.39 Å². The predicted octanol–water partition coefficient (Wildman–Crippen LogP) is 2.72. The molecule has 8 heteroatoms. The van der Waals surface area contributed by atoms with Gasteiger partial charge in [-0.25, -0.2) is 4.39 Å². The fourth-order valence-electron chi connectivity index (χ4n) is 4.98. The van der Waals surface area contributed by atoms with Crippen LogP contribution in [0.25, 0.3) is 11.3 Å². The second kappa shape index (κ2) is 8.24. The van der Waals surface area contributed by atoms with E-state index in [0.29, 0.717) is 24.1 Å². The van der Waals surface area contributed by atoms with E-state index in [-0.39, 0.29) is 12.5 Å². The van der Waals surface area contributed by atoms with Gasteiger partial charge in [-0.3, -0.25) is 14.8 Å². The number of benzene rings is 1. The molecule has 7 nitrogen and oxygen atoms in total. The average Bonchev–Trinajstić information content (AvgIpc) is 3.35. The molecule has 32 heavy (non-hydrogen) atoms. The average molecular weight is 443 g/mol. The number of alkyl halides is 1. The topological polar surface area (TPSA) is 81.7 Å². The van der Waals surface area contributed by atoms with Crippen LogP contribution in [0.1, 0.15) is 54.1 Å². The highest BCUT2D eigenvalue weighted by molar-refractivity contribution is 5.99. The van der Waals surface area contributed by atoms with Gasteiger partial charge in [0.1, 0.15) is 6.17 Å². The zero-order valence-corrected chi connectivity index (χ0v) is 18.7. The summed E-state index contributed by atoms with van der Waals surface area (Å²) in [6, 6.07) is 6.57. The molecule has 5 rings (SSSR count). The first-order valence-electron chi connectivity index (χ1n) is 11.5. The van der Waals surface area contributed by atoms with Crippen molar-refractivity contribution in [3.8, 4) is 11.3 Å². The van der Waals surface area contributed by atoms with E-state index in [0.717, 1.165) is 61.5 Å². The fourth-order valence-corrected chi connectivity index (χ4v) is 4.98. The Morgan fingerprint density at radius 1 is 1.28 bits per heavy atom. The number of aliphatic hydroxyl groups is 1. The molecule has 3 aliphatic heterocycles. The van der Waals surface area contributed by atoms with Crippen LogP contribution in [0.15, 0.2) is 24.4 Å². The number of carbonyl (C=O) groups excluding carboxylic acids is 1. The van der Waals surface area contributed by atoms with Crippen molar-refractivity contribution < 1.29 is 19.0 Å². The molecule has 172 valence electrons. The quantitative estimate of drug-likeness (QED) is 0.719. The van der Waals surface area contributed by atoms with Crippen molar-refractivity contribution in [2.24, 2.45) is 0 Å². The third-order valence-electron chi connectivity index (χ3n) is 7.18. The normalized spacial score (nSPS) is 21.6. The van der Waals surface area contributed by atoms with E-state index in [1.54, 1.807) is 6.20 Å². The van der Waals surface area contributed by atoms with Crippen molar-refractivity contribution in [1.82, 2.24) is 20.0 Å². The third kappa shape index (κ3) is 3.95. The van der Waals surface area contributed by atoms with Gasteiger partial charge in [0, 0.05) is 23.9 Å².